The summed E-state index contributed by atoms with van der Waals surface area (Å²) in [6.45, 7) is 3.90. The fourth-order valence-electron chi connectivity index (χ4n) is 2.85. The summed E-state index contributed by atoms with van der Waals surface area (Å²) in [6.07, 6.45) is 1.98. The molecular formula is C18H22N2O3S2. The van der Waals surface area contributed by atoms with Gasteiger partial charge in [-0.25, -0.2) is 13.1 Å². The molecule has 1 saturated heterocycles. The Morgan fingerprint density at radius 1 is 1.24 bits per heavy atom. The summed E-state index contributed by atoms with van der Waals surface area (Å²) in [5.41, 5.74) is 0.425. The smallest absolute Gasteiger partial charge is 0.253 e. The fraction of sp³-hybridized carbons (Fsp3) is 0.389. The third-order valence-corrected chi connectivity index (χ3v) is 6.75. The van der Waals surface area contributed by atoms with Gasteiger partial charge in [0.1, 0.15) is 0 Å². The van der Waals surface area contributed by atoms with E-state index in [0.29, 0.717) is 11.5 Å². The van der Waals surface area contributed by atoms with E-state index in [4.69, 9.17) is 0 Å². The van der Waals surface area contributed by atoms with E-state index in [-0.39, 0.29) is 17.3 Å². The van der Waals surface area contributed by atoms with Gasteiger partial charge in [0, 0.05) is 30.1 Å². The van der Waals surface area contributed by atoms with Crippen molar-refractivity contribution in [1.29, 1.82) is 0 Å². The molecule has 1 fully saturated rings. The van der Waals surface area contributed by atoms with E-state index in [2.05, 4.69) is 11.6 Å². The Kier molecular flexibility index (Phi) is 5.56. The van der Waals surface area contributed by atoms with Crippen LogP contribution in [0.2, 0.25) is 0 Å². The number of thiophene rings is 1. The maximum absolute atomic E-state index is 12.6. The topological polar surface area (TPSA) is 66.5 Å². The highest BCUT2D eigenvalue weighted by molar-refractivity contribution is 7.89. The molecular weight excluding hydrogens is 356 g/mol. The molecule has 1 aliphatic heterocycles. The van der Waals surface area contributed by atoms with E-state index in [0.717, 1.165) is 30.8 Å². The lowest BCUT2D eigenvalue weighted by Gasteiger charge is -2.30. The minimum atomic E-state index is -3.65. The van der Waals surface area contributed by atoms with E-state index in [9.17, 15) is 13.2 Å². The number of nitrogens with zero attached hydrogens (tertiary/aromatic N) is 1. The molecule has 25 heavy (non-hydrogen) atoms. The maximum Gasteiger partial charge on any atom is 0.253 e. The van der Waals surface area contributed by atoms with Gasteiger partial charge in [0.2, 0.25) is 10.0 Å². The zero-order valence-electron chi connectivity index (χ0n) is 14.1. The predicted octanol–water partition coefficient (Wildman–Crippen LogP) is 3.10. The van der Waals surface area contributed by atoms with Crippen LogP contribution in [0.3, 0.4) is 0 Å². The number of nitrogens with one attached hydrogen (secondary N) is 1. The van der Waals surface area contributed by atoms with Crippen LogP contribution in [-0.2, 0) is 16.6 Å². The van der Waals surface area contributed by atoms with E-state index in [1.807, 2.05) is 22.4 Å². The van der Waals surface area contributed by atoms with Crippen molar-refractivity contribution in [1.82, 2.24) is 9.62 Å². The normalized spacial score (nSPS) is 16.1. The van der Waals surface area contributed by atoms with Gasteiger partial charge in [-0.2, -0.15) is 0 Å². The van der Waals surface area contributed by atoms with Gasteiger partial charge in [-0.05, 0) is 48.4 Å². The number of hydrogen-bond donors (Lipinski definition) is 1. The quantitative estimate of drug-likeness (QED) is 0.869. The molecule has 1 N–H and O–H groups in total. The van der Waals surface area contributed by atoms with Crippen molar-refractivity contribution < 1.29 is 13.2 Å². The minimum absolute atomic E-state index is 0.0952. The van der Waals surface area contributed by atoms with Crippen LogP contribution >= 0.6 is 11.3 Å². The summed E-state index contributed by atoms with van der Waals surface area (Å²) in [5.74, 6) is 0.541. The molecule has 0 bridgehead atoms. The second-order valence-corrected chi connectivity index (χ2v) is 9.21. The predicted molar refractivity (Wildman–Crippen MR) is 99.1 cm³/mol. The lowest BCUT2D eigenvalue weighted by atomic mass is 9.98. The van der Waals surface area contributed by atoms with Gasteiger partial charge in [-0.3, -0.25) is 4.79 Å². The summed E-state index contributed by atoms with van der Waals surface area (Å²) in [4.78, 5) is 15.5. The number of rotatable bonds is 5. The highest BCUT2D eigenvalue weighted by Crippen LogP contribution is 2.20. The molecule has 7 heteroatoms. The van der Waals surface area contributed by atoms with E-state index in [1.54, 1.807) is 12.1 Å². The maximum atomic E-state index is 12.6. The number of carbonyl (C=O) groups is 1. The van der Waals surface area contributed by atoms with Gasteiger partial charge < -0.3 is 4.90 Å². The van der Waals surface area contributed by atoms with Crippen LogP contribution in [0.1, 0.15) is 35.0 Å². The van der Waals surface area contributed by atoms with Crippen LogP contribution in [0.4, 0.5) is 0 Å². The zero-order valence-corrected chi connectivity index (χ0v) is 15.8. The zero-order chi connectivity index (χ0) is 17.9. The highest BCUT2D eigenvalue weighted by Gasteiger charge is 2.23. The first-order valence-electron chi connectivity index (χ1n) is 8.37. The molecule has 1 aromatic carbocycles. The SMILES string of the molecule is CC1CCN(C(=O)c2cccc(S(=O)(=O)NCc3cccs3)c2)CC1. The Hall–Kier alpha value is -1.70. The second-order valence-electron chi connectivity index (χ2n) is 6.41. The highest BCUT2D eigenvalue weighted by atomic mass is 32.2. The van der Waals surface area contributed by atoms with Gasteiger partial charge in [-0.1, -0.05) is 19.1 Å². The molecule has 5 nitrogen and oxygen atoms in total. The number of sulfonamides is 1. The Morgan fingerprint density at radius 3 is 2.68 bits per heavy atom. The second kappa shape index (κ2) is 7.68. The summed E-state index contributed by atoms with van der Waals surface area (Å²) < 4.78 is 27.6. The average Bonchev–Trinajstić information content (AvgIpc) is 3.14. The van der Waals surface area contributed by atoms with Crippen molar-refractivity contribution in [3.05, 3.63) is 52.2 Å². The van der Waals surface area contributed by atoms with Crippen molar-refractivity contribution >= 4 is 27.3 Å². The van der Waals surface area contributed by atoms with E-state index >= 15 is 0 Å². The summed E-state index contributed by atoms with van der Waals surface area (Å²) >= 11 is 1.50. The molecule has 1 amide bonds. The molecule has 0 unspecified atom stereocenters. The molecule has 2 aromatic rings. The first kappa shape index (κ1) is 18.1. The molecule has 1 aromatic heterocycles. The largest absolute Gasteiger partial charge is 0.339 e. The monoisotopic (exact) mass is 378 g/mol. The fourth-order valence-corrected chi connectivity index (χ4v) is 4.64. The molecule has 2 heterocycles. The lowest BCUT2D eigenvalue weighted by molar-refractivity contribution is 0.0697. The number of piperidine rings is 1. The molecule has 0 radical (unpaired) electrons. The van der Waals surface area contributed by atoms with Crippen molar-refractivity contribution in [2.45, 2.75) is 31.2 Å². The number of benzene rings is 1. The first-order valence-corrected chi connectivity index (χ1v) is 10.7. The average molecular weight is 379 g/mol. The van der Waals surface area contributed by atoms with Crippen LogP contribution in [0.25, 0.3) is 0 Å². The minimum Gasteiger partial charge on any atom is -0.339 e. The standard InChI is InChI=1S/C18H22N2O3S2/c1-14-7-9-20(10-8-14)18(21)15-4-2-6-17(12-15)25(22,23)19-13-16-5-3-11-24-16/h2-6,11-12,14,19H,7-10,13H2,1H3. The van der Waals surface area contributed by atoms with Crippen LogP contribution in [0.15, 0.2) is 46.7 Å². The van der Waals surface area contributed by atoms with Crippen molar-refractivity contribution in [2.75, 3.05) is 13.1 Å². The van der Waals surface area contributed by atoms with Gasteiger partial charge in [0.15, 0.2) is 0 Å². The van der Waals surface area contributed by atoms with Crippen LogP contribution < -0.4 is 4.72 Å². The van der Waals surface area contributed by atoms with Crippen molar-refractivity contribution in [3.63, 3.8) is 0 Å². The van der Waals surface area contributed by atoms with Crippen molar-refractivity contribution in [2.24, 2.45) is 5.92 Å². The molecule has 0 saturated carbocycles. The Morgan fingerprint density at radius 2 is 2.00 bits per heavy atom. The van der Waals surface area contributed by atoms with Gasteiger partial charge >= 0.3 is 0 Å². The number of hydrogen-bond acceptors (Lipinski definition) is 4. The number of carbonyl (C=O) groups excluding carboxylic acids is 1. The molecule has 134 valence electrons. The first-order chi connectivity index (χ1) is 12.0. The van der Waals surface area contributed by atoms with E-state index in [1.165, 1.54) is 23.5 Å². The Bertz CT molecular complexity index is 824. The molecule has 0 atom stereocenters. The molecule has 0 spiro atoms. The van der Waals surface area contributed by atoms with Gasteiger partial charge in [0.25, 0.3) is 5.91 Å². The summed E-state index contributed by atoms with van der Waals surface area (Å²) in [7, 11) is -3.65. The van der Waals surface area contributed by atoms with Crippen LogP contribution in [0, 0.1) is 5.92 Å². The Labute approximate surface area is 152 Å². The van der Waals surface area contributed by atoms with Gasteiger partial charge in [-0.15, -0.1) is 11.3 Å². The summed E-state index contributed by atoms with van der Waals surface area (Å²) in [5, 5.41) is 1.91. The Balaban J connectivity index is 1.73. The third kappa shape index (κ3) is 4.48. The number of likely N-dealkylation sites (tertiary alicyclic amines) is 1. The van der Waals surface area contributed by atoms with Crippen molar-refractivity contribution in [3.8, 4) is 0 Å². The van der Waals surface area contributed by atoms with Crippen LogP contribution in [-0.4, -0.2) is 32.3 Å². The van der Waals surface area contributed by atoms with Gasteiger partial charge in [0.05, 0.1) is 4.90 Å². The molecule has 1 aliphatic rings. The van der Waals surface area contributed by atoms with Crippen LogP contribution in [0.5, 0.6) is 0 Å². The molecule has 0 aliphatic carbocycles. The summed E-state index contributed by atoms with van der Waals surface area (Å²) in [6, 6.07) is 10.1. The third-order valence-electron chi connectivity index (χ3n) is 4.48. The van der Waals surface area contributed by atoms with E-state index < -0.39 is 10.0 Å². The molecule has 3 rings (SSSR count). The number of amides is 1. The lowest BCUT2D eigenvalue weighted by Crippen LogP contribution is -2.38.